The molecular weight excluding hydrogens is 328 g/mol. The summed E-state index contributed by atoms with van der Waals surface area (Å²) >= 11 is 0. The maximum atomic E-state index is 12.7. The van der Waals surface area contributed by atoms with E-state index in [4.69, 9.17) is 0 Å². The molecule has 4 rings (SSSR count). The summed E-state index contributed by atoms with van der Waals surface area (Å²) in [7, 11) is 0. The van der Waals surface area contributed by atoms with Crippen LogP contribution in [0.15, 0.2) is 47.8 Å². The van der Waals surface area contributed by atoms with Crippen molar-refractivity contribution in [2.75, 3.05) is 37.6 Å². The van der Waals surface area contributed by atoms with Crippen molar-refractivity contribution in [1.29, 1.82) is 0 Å². The summed E-state index contributed by atoms with van der Waals surface area (Å²) in [5.74, 6) is 0.706. The first-order valence-corrected chi connectivity index (χ1v) is 8.97. The molecule has 0 radical (unpaired) electrons. The fraction of sp³-hybridized carbons (Fsp3) is 0.368. The van der Waals surface area contributed by atoms with Crippen LogP contribution < -0.4 is 10.5 Å². The SMILES string of the molecule is CCN1CCN(c2ncc3c(=O)n(Cc4cccnc4)ccc3n2)CC1. The number of pyridine rings is 2. The molecule has 3 aromatic heterocycles. The second kappa shape index (κ2) is 7.21. The molecule has 4 heterocycles. The van der Waals surface area contributed by atoms with E-state index in [1.165, 1.54) is 0 Å². The first-order valence-electron chi connectivity index (χ1n) is 8.97. The molecule has 1 aliphatic heterocycles. The molecule has 0 bridgehead atoms. The van der Waals surface area contributed by atoms with Crippen LogP contribution in [0, 0.1) is 0 Å². The standard InChI is InChI=1S/C19H22N6O/c1-2-23-8-10-24(11-9-23)19-21-13-16-17(22-19)5-7-25(18(16)26)14-15-4-3-6-20-12-15/h3-7,12-13H,2,8-11,14H2,1H3. The lowest BCUT2D eigenvalue weighted by Crippen LogP contribution is -2.46. The zero-order valence-corrected chi connectivity index (χ0v) is 14.9. The molecule has 1 aliphatic rings. The molecule has 0 aromatic carbocycles. The quantitative estimate of drug-likeness (QED) is 0.708. The van der Waals surface area contributed by atoms with E-state index in [-0.39, 0.29) is 5.56 Å². The molecule has 0 saturated carbocycles. The van der Waals surface area contributed by atoms with E-state index in [0.717, 1.165) is 38.3 Å². The molecule has 0 spiro atoms. The molecule has 0 N–H and O–H groups in total. The number of piperazine rings is 1. The van der Waals surface area contributed by atoms with Gasteiger partial charge in [0, 0.05) is 51.0 Å². The number of nitrogens with zero attached hydrogens (tertiary/aromatic N) is 6. The van der Waals surface area contributed by atoms with Crippen molar-refractivity contribution in [2.24, 2.45) is 0 Å². The van der Waals surface area contributed by atoms with E-state index < -0.39 is 0 Å². The van der Waals surface area contributed by atoms with Crippen molar-refractivity contribution in [1.82, 2.24) is 24.4 Å². The molecule has 134 valence electrons. The Bertz CT molecular complexity index is 947. The topological polar surface area (TPSA) is 67.2 Å². The molecule has 7 nitrogen and oxygen atoms in total. The molecule has 26 heavy (non-hydrogen) atoms. The summed E-state index contributed by atoms with van der Waals surface area (Å²) in [6.45, 7) is 7.61. The van der Waals surface area contributed by atoms with E-state index in [2.05, 4.69) is 31.7 Å². The van der Waals surface area contributed by atoms with Gasteiger partial charge in [0.2, 0.25) is 5.95 Å². The van der Waals surface area contributed by atoms with E-state index >= 15 is 0 Å². The summed E-state index contributed by atoms with van der Waals surface area (Å²) < 4.78 is 1.67. The molecule has 3 aromatic rings. The third-order valence-corrected chi connectivity index (χ3v) is 4.89. The number of anilines is 1. The van der Waals surface area contributed by atoms with E-state index in [1.54, 1.807) is 29.4 Å². The minimum Gasteiger partial charge on any atom is -0.338 e. The molecule has 7 heteroatoms. The average molecular weight is 350 g/mol. The van der Waals surface area contributed by atoms with E-state index in [1.807, 2.05) is 18.2 Å². The van der Waals surface area contributed by atoms with Crippen LogP contribution in [0.4, 0.5) is 5.95 Å². The van der Waals surface area contributed by atoms with Crippen LogP contribution in [-0.4, -0.2) is 57.1 Å². The van der Waals surface area contributed by atoms with Gasteiger partial charge in [0.15, 0.2) is 0 Å². The molecule has 0 aliphatic carbocycles. The van der Waals surface area contributed by atoms with Crippen LogP contribution >= 0.6 is 0 Å². The molecule has 1 saturated heterocycles. The summed E-state index contributed by atoms with van der Waals surface area (Å²) in [5.41, 5.74) is 1.61. The van der Waals surface area contributed by atoms with Gasteiger partial charge in [0.1, 0.15) is 0 Å². The van der Waals surface area contributed by atoms with Gasteiger partial charge in [-0.25, -0.2) is 9.97 Å². The fourth-order valence-electron chi connectivity index (χ4n) is 3.29. The molecule has 1 fully saturated rings. The lowest BCUT2D eigenvalue weighted by Gasteiger charge is -2.34. The first-order chi connectivity index (χ1) is 12.7. The summed E-state index contributed by atoms with van der Waals surface area (Å²) in [6, 6.07) is 5.72. The molecule has 0 amide bonds. The van der Waals surface area contributed by atoms with Gasteiger partial charge in [-0.3, -0.25) is 9.78 Å². The van der Waals surface area contributed by atoms with Crippen LogP contribution in [0.2, 0.25) is 0 Å². The average Bonchev–Trinajstić information content (AvgIpc) is 2.71. The van der Waals surface area contributed by atoms with Gasteiger partial charge in [-0.05, 0) is 24.2 Å². The number of aromatic nitrogens is 4. The van der Waals surface area contributed by atoms with Gasteiger partial charge >= 0.3 is 0 Å². The van der Waals surface area contributed by atoms with Crippen LogP contribution in [0.1, 0.15) is 12.5 Å². The Morgan fingerprint density at radius 2 is 1.96 bits per heavy atom. The smallest absolute Gasteiger partial charge is 0.261 e. The minimum absolute atomic E-state index is 0.0753. The largest absolute Gasteiger partial charge is 0.338 e. The van der Waals surface area contributed by atoms with Gasteiger partial charge in [-0.1, -0.05) is 13.0 Å². The lowest BCUT2D eigenvalue weighted by molar-refractivity contribution is 0.270. The maximum Gasteiger partial charge on any atom is 0.261 e. The van der Waals surface area contributed by atoms with Crippen LogP contribution in [0.3, 0.4) is 0 Å². The summed E-state index contributed by atoms with van der Waals surface area (Å²) in [5, 5.41) is 0.548. The third kappa shape index (κ3) is 3.30. The monoisotopic (exact) mass is 350 g/mol. The van der Waals surface area contributed by atoms with Gasteiger partial charge < -0.3 is 14.4 Å². The Morgan fingerprint density at radius 3 is 2.69 bits per heavy atom. The Hall–Kier alpha value is -2.80. The van der Waals surface area contributed by atoms with Gasteiger partial charge in [-0.2, -0.15) is 0 Å². The highest BCUT2D eigenvalue weighted by Gasteiger charge is 2.18. The predicted octanol–water partition coefficient (Wildman–Crippen LogP) is 1.38. The Kier molecular flexibility index (Phi) is 4.62. The van der Waals surface area contributed by atoms with Gasteiger partial charge in [0.25, 0.3) is 5.56 Å². The van der Waals surface area contributed by atoms with E-state index in [9.17, 15) is 4.79 Å². The van der Waals surface area contributed by atoms with Crippen molar-refractivity contribution in [2.45, 2.75) is 13.5 Å². The number of likely N-dealkylation sites (N-methyl/N-ethyl adjacent to an activating group) is 1. The zero-order valence-electron chi connectivity index (χ0n) is 14.9. The van der Waals surface area contributed by atoms with Gasteiger partial charge in [0.05, 0.1) is 17.4 Å². The Balaban J connectivity index is 1.60. The summed E-state index contributed by atoms with van der Waals surface area (Å²) in [4.78, 5) is 30.5. The second-order valence-electron chi connectivity index (χ2n) is 6.50. The minimum atomic E-state index is -0.0753. The van der Waals surface area contributed by atoms with Crippen molar-refractivity contribution in [3.63, 3.8) is 0 Å². The highest BCUT2D eigenvalue weighted by Crippen LogP contribution is 2.14. The van der Waals surface area contributed by atoms with Gasteiger partial charge in [-0.15, -0.1) is 0 Å². The number of hydrogen-bond donors (Lipinski definition) is 0. The van der Waals surface area contributed by atoms with Crippen molar-refractivity contribution >= 4 is 16.9 Å². The highest BCUT2D eigenvalue weighted by atomic mass is 16.1. The second-order valence-corrected chi connectivity index (χ2v) is 6.50. The van der Waals surface area contributed by atoms with Crippen LogP contribution in [0.25, 0.3) is 10.9 Å². The van der Waals surface area contributed by atoms with Crippen molar-refractivity contribution < 1.29 is 0 Å². The number of fused-ring (bicyclic) bond motifs is 1. The first kappa shape index (κ1) is 16.7. The molecule has 0 atom stereocenters. The zero-order chi connectivity index (χ0) is 17.9. The fourth-order valence-corrected chi connectivity index (χ4v) is 3.29. The molecule has 0 unspecified atom stereocenters. The highest BCUT2D eigenvalue weighted by molar-refractivity contribution is 5.77. The normalized spacial score (nSPS) is 15.5. The Morgan fingerprint density at radius 1 is 1.12 bits per heavy atom. The van der Waals surface area contributed by atoms with Crippen molar-refractivity contribution in [3.05, 3.63) is 58.9 Å². The number of hydrogen-bond acceptors (Lipinski definition) is 6. The maximum absolute atomic E-state index is 12.7. The van der Waals surface area contributed by atoms with Crippen molar-refractivity contribution in [3.8, 4) is 0 Å². The van der Waals surface area contributed by atoms with Crippen LogP contribution in [-0.2, 0) is 6.54 Å². The third-order valence-electron chi connectivity index (χ3n) is 4.89. The Labute approximate surface area is 151 Å². The summed E-state index contributed by atoms with van der Waals surface area (Å²) in [6.07, 6.45) is 6.95. The van der Waals surface area contributed by atoms with E-state index in [0.29, 0.717) is 23.4 Å². The predicted molar refractivity (Wildman–Crippen MR) is 101 cm³/mol. The number of rotatable bonds is 4. The van der Waals surface area contributed by atoms with Crippen LogP contribution in [0.5, 0.6) is 0 Å². The lowest BCUT2D eigenvalue weighted by atomic mass is 10.2. The molecular formula is C19H22N6O.